The van der Waals surface area contributed by atoms with Crippen molar-refractivity contribution < 1.29 is 0 Å². The second-order valence-electron chi connectivity index (χ2n) is 6.08. The number of hydrogen-bond acceptors (Lipinski definition) is 0. The van der Waals surface area contributed by atoms with Gasteiger partial charge in [-0.15, -0.1) is 0 Å². The molecule has 0 amide bonds. The van der Waals surface area contributed by atoms with Gasteiger partial charge in [0, 0.05) is 0 Å². The summed E-state index contributed by atoms with van der Waals surface area (Å²) in [7, 11) is 0.896. The van der Waals surface area contributed by atoms with Crippen molar-refractivity contribution in [2.45, 2.75) is 104 Å². The zero-order chi connectivity index (χ0) is 15.4. The van der Waals surface area contributed by atoms with Gasteiger partial charge in [-0.2, -0.15) is 0 Å². The fraction of sp³-hybridized carbons (Fsp3) is 0.800. The number of hydrogen-bond donors (Lipinski definition) is 0. The van der Waals surface area contributed by atoms with E-state index >= 15 is 0 Å². The Labute approximate surface area is 136 Å². The highest BCUT2D eigenvalue weighted by Gasteiger charge is 1.88. The molecule has 0 unspecified atom stereocenters. The Morgan fingerprint density at radius 2 is 0.905 bits per heavy atom. The molecule has 0 bridgehead atoms. The van der Waals surface area contributed by atoms with Crippen LogP contribution in [0.25, 0.3) is 0 Å². The molecule has 0 aromatic heterocycles. The first-order valence-electron chi connectivity index (χ1n) is 9.47. The van der Waals surface area contributed by atoms with Crippen molar-refractivity contribution >= 4 is 8.58 Å². The lowest BCUT2D eigenvalue weighted by molar-refractivity contribution is 0.611. The molecule has 0 aliphatic heterocycles. The molecule has 1 heteroatoms. The van der Waals surface area contributed by atoms with Crippen molar-refractivity contribution in [3.63, 3.8) is 0 Å². The largest absolute Gasteiger partial charge is 0.0840 e. The minimum atomic E-state index is 0.896. The van der Waals surface area contributed by atoms with E-state index in [0.717, 1.165) is 8.58 Å². The van der Waals surface area contributed by atoms with Crippen molar-refractivity contribution in [1.29, 1.82) is 0 Å². The van der Waals surface area contributed by atoms with Gasteiger partial charge >= 0.3 is 0 Å². The van der Waals surface area contributed by atoms with Crippen molar-refractivity contribution in [1.82, 2.24) is 0 Å². The van der Waals surface area contributed by atoms with Crippen LogP contribution in [0.3, 0.4) is 0 Å². The molecule has 0 saturated carbocycles. The lowest BCUT2D eigenvalue weighted by Crippen LogP contribution is -1.77. The van der Waals surface area contributed by atoms with Crippen molar-refractivity contribution in [2.75, 3.05) is 0 Å². The molecule has 0 radical (unpaired) electrons. The lowest BCUT2D eigenvalue weighted by Gasteiger charge is -1.97. The second-order valence-corrected chi connectivity index (χ2v) is 7.08. The van der Waals surface area contributed by atoms with E-state index in [4.69, 9.17) is 0 Å². The Morgan fingerprint density at radius 3 is 1.33 bits per heavy atom. The normalized spacial score (nSPS) is 12.5. The highest BCUT2D eigenvalue weighted by Crippen LogP contribution is 2.16. The molecule has 0 saturated heterocycles. The average Bonchev–Trinajstić information content (AvgIpc) is 2.50. The van der Waals surface area contributed by atoms with Crippen LogP contribution < -0.4 is 0 Å². The van der Waals surface area contributed by atoms with E-state index in [-0.39, 0.29) is 0 Å². The molecule has 0 spiro atoms. The van der Waals surface area contributed by atoms with Gasteiger partial charge in [0.15, 0.2) is 0 Å². The first kappa shape index (κ1) is 20.9. The summed E-state index contributed by atoms with van der Waals surface area (Å²) in [4.78, 5) is 0. The van der Waals surface area contributed by atoms with E-state index in [0.29, 0.717) is 0 Å². The maximum Gasteiger partial charge on any atom is -0.0347 e. The summed E-state index contributed by atoms with van der Waals surface area (Å²) in [6.07, 6.45) is 24.2. The van der Waals surface area contributed by atoms with Crippen LogP contribution in [0.1, 0.15) is 104 Å². The summed E-state index contributed by atoms with van der Waals surface area (Å²) in [5, 5.41) is 0. The smallest absolute Gasteiger partial charge is 0.0347 e. The first-order chi connectivity index (χ1) is 10.4. The molecule has 0 heterocycles. The zero-order valence-electron chi connectivity index (χ0n) is 14.7. The van der Waals surface area contributed by atoms with Gasteiger partial charge in [0.25, 0.3) is 0 Å². The van der Waals surface area contributed by atoms with Crippen LogP contribution in [-0.2, 0) is 0 Å². The Hall–Kier alpha value is -0.0900. The minimum absolute atomic E-state index is 0.896. The Morgan fingerprint density at radius 1 is 0.524 bits per heavy atom. The predicted octanol–water partition coefficient (Wildman–Crippen LogP) is 8.19. The standard InChI is InChI=1S/C20H39P/c1-3-5-7-9-11-13-15-17-19-21-20-18-16-14-12-10-8-6-4-2/h17-21H,3-16H2,1-2H3. The summed E-state index contributed by atoms with van der Waals surface area (Å²) in [6.45, 7) is 4.56. The first-order valence-corrected chi connectivity index (χ1v) is 10.6. The van der Waals surface area contributed by atoms with E-state index < -0.39 is 0 Å². The van der Waals surface area contributed by atoms with E-state index in [1.165, 1.54) is 89.9 Å². The minimum Gasteiger partial charge on any atom is -0.0840 e. The lowest BCUT2D eigenvalue weighted by atomic mass is 10.1. The third-order valence-corrected chi connectivity index (χ3v) is 4.73. The molecule has 0 aromatic carbocycles. The molecular weight excluding hydrogens is 271 g/mol. The van der Waals surface area contributed by atoms with Gasteiger partial charge in [-0.25, -0.2) is 0 Å². The van der Waals surface area contributed by atoms with Gasteiger partial charge in [-0.1, -0.05) is 110 Å². The van der Waals surface area contributed by atoms with Crippen molar-refractivity contribution in [3.8, 4) is 0 Å². The summed E-state index contributed by atoms with van der Waals surface area (Å²) >= 11 is 0. The monoisotopic (exact) mass is 310 g/mol. The number of unbranched alkanes of at least 4 members (excludes halogenated alkanes) is 12. The highest BCUT2D eigenvalue weighted by molar-refractivity contribution is 7.45. The van der Waals surface area contributed by atoms with E-state index in [1.807, 2.05) is 0 Å². The van der Waals surface area contributed by atoms with E-state index in [9.17, 15) is 0 Å². The molecule has 124 valence electrons. The summed E-state index contributed by atoms with van der Waals surface area (Å²) in [6, 6.07) is 0. The van der Waals surface area contributed by atoms with Crippen LogP contribution in [0.4, 0.5) is 0 Å². The Balaban J connectivity index is 3.14. The van der Waals surface area contributed by atoms with Crippen LogP contribution in [0, 0.1) is 0 Å². The molecule has 21 heavy (non-hydrogen) atoms. The molecule has 0 nitrogen and oxygen atoms in total. The van der Waals surface area contributed by atoms with Gasteiger partial charge in [0.05, 0.1) is 0 Å². The van der Waals surface area contributed by atoms with Gasteiger partial charge in [0.1, 0.15) is 0 Å². The van der Waals surface area contributed by atoms with Crippen molar-refractivity contribution in [2.24, 2.45) is 0 Å². The van der Waals surface area contributed by atoms with Gasteiger partial charge in [-0.3, -0.25) is 0 Å². The van der Waals surface area contributed by atoms with Crippen LogP contribution in [-0.4, -0.2) is 0 Å². The van der Waals surface area contributed by atoms with E-state index in [2.05, 4.69) is 37.6 Å². The molecule has 0 fully saturated rings. The fourth-order valence-corrected chi connectivity index (χ4v) is 3.16. The maximum absolute atomic E-state index is 2.38. The second kappa shape index (κ2) is 19.9. The summed E-state index contributed by atoms with van der Waals surface area (Å²) in [5.41, 5.74) is 0. The maximum atomic E-state index is 2.38. The van der Waals surface area contributed by atoms with Gasteiger partial charge in [0.2, 0.25) is 0 Å². The molecular formula is C20H39P. The quantitative estimate of drug-likeness (QED) is 0.199. The van der Waals surface area contributed by atoms with Gasteiger partial charge in [-0.05, 0) is 25.7 Å². The van der Waals surface area contributed by atoms with Gasteiger partial charge < -0.3 is 0 Å². The topological polar surface area (TPSA) is 0 Å². The van der Waals surface area contributed by atoms with Crippen LogP contribution >= 0.6 is 8.58 Å². The predicted molar refractivity (Wildman–Crippen MR) is 103 cm³/mol. The van der Waals surface area contributed by atoms with E-state index in [1.54, 1.807) is 0 Å². The third kappa shape index (κ3) is 19.9. The summed E-state index contributed by atoms with van der Waals surface area (Å²) in [5.74, 6) is 4.73. The number of allylic oxidation sites excluding steroid dienone is 2. The third-order valence-electron chi connectivity index (χ3n) is 3.88. The zero-order valence-corrected chi connectivity index (χ0v) is 15.7. The van der Waals surface area contributed by atoms with Crippen LogP contribution in [0.5, 0.6) is 0 Å². The van der Waals surface area contributed by atoms with Crippen LogP contribution in [0.15, 0.2) is 23.8 Å². The van der Waals surface area contributed by atoms with Crippen molar-refractivity contribution in [3.05, 3.63) is 23.8 Å². The highest BCUT2D eigenvalue weighted by atomic mass is 31.1. The molecule has 0 N–H and O–H groups in total. The Kier molecular flexibility index (Phi) is 19.8. The number of rotatable bonds is 16. The molecule has 0 aliphatic carbocycles. The van der Waals surface area contributed by atoms with Crippen LogP contribution in [0.2, 0.25) is 0 Å². The average molecular weight is 311 g/mol. The molecule has 0 rings (SSSR count). The molecule has 0 aliphatic rings. The molecule has 0 atom stereocenters. The Bertz CT molecular complexity index is 206. The SMILES string of the molecule is CCCCCCCCC=CPC=CCCCCCCCC. The fourth-order valence-electron chi connectivity index (χ4n) is 2.44. The molecule has 0 aromatic rings. The summed E-state index contributed by atoms with van der Waals surface area (Å²) < 4.78 is 0.